The van der Waals surface area contributed by atoms with Gasteiger partial charge in [-0.3, -0.25) is 0 Å². The molecule has 0 amide bonds. The lowest BCUT2D eigenvalue weighted by atomic mass is 10.1. The number of hydrogen-bond acceptors (Lipinski definition) is 6. The topological polar surface area (TPSA) is 83.5 Å². The van der Waals surface area contributed by atoms with Crippen molar-refractivity contribution in [2.24, 2.45) is 0 Å². The molecule has 310 valence electrons. The van der Waals surface area contributed by atoms with Crippen molar-refractivity contribution in [2.45, 2.75) is 91.9 Å². The van der Waals surface area contributed by atoms with Crippen molar-refractivity contribution in [3.63, 3.8) is 0 Å². The summed E-state index contributed by atoms with van der Waals surface area (Å²) >= 11 is 0. The third kappa shape index (κ3) is 10.00. The monoisotopic (exact) mass is 848 g/mol. The number of aliphatic carboxylic acids is 1. The van der Waals surface area contributed by atoms with Crippen LogP contribution in [0.4, 0.5) is 119 Å². The molecule has 0 unspecified atom stereocenters. The summed E-state index contributed by atoms with van der Waals surface area (Å²) in [6.45, 7) is 2.52. The molecular weight excluding hydrogens is 841 g/mol. The zero-order valence-electron chi connectivity index (χ0n) is 22.7. The minimum absolute atomic E-state index is 0.980. The first-order chi connectivity index (χ1) is 22.1. The summed E-state index contributed by atoms with van der Waals surface area (Å²) in [5, 5.41) is 8.35. The summed E-state index contributed by atoms with van der Waals surface area (Å²) in [6.07, 6.45) is -90.8. The second-order valence-electron chi connectivity index (χ2n) is 8.85. The molecule has 0 heterocycles. The number of carboxylic acids is 1. The third-order valence-electron chi connectivity index (χ3n) is 4.79. The predicted molar refractivity (Wildman–Crippen MR) is 96.9 cm³/mol. The van der Waals surface area contributed by atoms with E-state index in [0.29, 0.717) is 0 Å². The Morgan fingerprint density at radius 1 is 0.404 bits per heavy atom. The predicted octanol–water partition coefficient (Wildman–Crippen LogP) is 9.25. The van der Waals surface area contributed by atoms with E-state index in [2.05, 4.69) is 11.3 Å². The quantitative estimate of drug-likeness (QED) is 0.0967. The highest BCUT2D eigenvalue weighted by Gasteiger charge is 2.86. The lowest BCUT2D eigenvalue weighted by Gasteiger charge is -2.37. The van der Waals surface area contributed by atoms with Gasteiger partial charge in [0.25, 0.3) is 0 Å². The highest BCUT2D eigenvalue weighted by atomic mass is 19.4. The molecule has 0 spiro atoms. The number of carboxylic acid groups (broad SMARTS) is 1. The van der Waals surface area contributed by atoms with Crippen LogP contribution in [0.15, 0.2) is 12.2 Å². The molecule has 0 aromatic carbocycles. The molecule has 0 fully saturated rings. The van der Waals surface area contributed by atoms with Crippen LogP contribution >= 0.6 is 0 Å². The second kappa shape index (κ2) is 13.8. The van der Waals surface area contributed by atoms with Gasteiger partial charge in [0.2, 0.25) is 0 Å². The largest absolute Gasteiger partial charge is 0.478 e. The van der Waals surface area contributed by atoms with E-state index in [-0.39, 0.29) is 0 Å². The first-order valence-corrected chi connectivity index (χ1v) is 11.1. The number of halogens is 27. The summed E-state index contributed by atoms with van der Waals surface area (Å²) in [7, 11) is 0. The third-order valence-corrected chi connectivity index (χ3v) is 4.79. The SMILES string of the molecule is C=C(CCC(F)(F)OC(F)(F)C(F)(F)OC(F)(F)C(F)(F)OC(F)(F)C(F)(F)OC(F)(F)C(F)(F)OC(F)(F)C(F)(F)C(F)(F)C(F)(F)F)C(=O)O. The Morgan fingerprint density at radius 3 is 0.865 bits per heavy atom. The van der Waals surface area contributed by atoms with Crippen LogP contribution in [-0.4, -0.2) is 90.2 Å². The van der Waals surface area contributed by atoms with Crippen molar-refractivity contribution in [3.05, 3.63) is 12.2 Å². The van der Waals surface area contributed by atoms with Gasteiger partial charge in [0.05, 0.1) is 0 Å². The molecule has 0 aromatic rings. The Balaban J connectivity index is 6.31. The molecule has 0 rings (SSSR count). The average Bonchev–Trinajstić information content (AvgIpc) is 2.82. The van der Waals surface area contributed by atoms with Gasteiger partial charge in [0, 0.05) is 12.0 Å². The van der Waals surface area contributed by atoms with Crippen molar-refractivity contribution in [1.29, 1.82) is 0 Å². The van der Waals surface area contributed by atoms with E-state index in [4.69, 9.17) is 5.11 Å². The van der Waals surface area contributed by atoms with Crippen molar-refractivity contribution in [1.82, 2.24) is 0 Å². The number of alkyl halides is 27. The first kappa shape index (κ1) is 49.1. The van der Waals surface area contributed by atoms with Gasteiger partial charge in [0.1, 0.15) is 0 Å². The molecule has 0 aliphatic rings. The fourth-order valence-corrected chi connectivity index (χ4v) is 2.19. The minimum Gasteiger partial charge on any atom is -0.478 e. The maximum atomic E-state index is 13.5. The molecular formula is C18H7F27O7. The van der Waals surface area contributed by atoms with Crippen LogP contribution in [0, 0.1) is 0 Å². The first-order valence-electron chi connectivity index (χ1n) is 11.1. The molecule has 0 bridgehead atoms. The van der Waals surface area contributed by atoms with Gasteiger partial charge in [-0.05, 0) is 6.42 Å². The normalized spacial score (nSPS) is 16.0. The Hall–Kier alpha value is -2.88. The van der Waals surface area contributed by atoms with Crippen LogP contribution in [0.1, 0.15) is 12.8 Å². The Kier molecular flexibility index (Phi) is 13.0. The van der Waals surface area contributed by atoms with Crippen LogP contribution in [0.2, 0.25) is 0 Å². The number of ether oxygens (including phenoxy) is 5. The van der Waals surface area contributed by atoms with Crippen molar-refractivity contribution >= 4 is 5.97 Å². The molecule has 1 N–H and O–H groups in total. The average molecular weight is 848 g/mol. The summed E-state index contributed by atoms with van der Waals surface area (Å²) in [6, 6.07) is 0. The van der Waals surface area contributed by atoms with E-state index < -0.39 is 103 Å². The highest BCUT2D eigenvalue weighted by Crippen LogP contribution is 2.57. The van der Waals surface area contributed by atoms with Gasteiger partial charge in [-0.25, -0.2) is 28.5 Å². The van der Waals surface area contributed by atoms with Gasteiger partial charge in [0.15, 0.2) is 0 Å². The Labute approximate surface area is 263 Å². The van der Waals surface area contributed by atoms with E-state index in [1.807, 2.05) is 0 Å². The fourth-order valence-electron chi connectivity index (χ4n) is 2.19. The molecule has 7 nitrogen and oxygen atoms in total. The van der Waals surface area contributed by atoms with Crippen molar-refractivity contribution < 1.29 is 152 Å². The van der Waals surface area contributed by atoms with E-state index in [0.717, 1.165) is 14.2 Å². The second-order valence-corrected chi connectivity index (χ2v) is 8.85. The van der Waals surface area contributed by atoms with E-state index in [1.165, 1.54) is 4.74 Å². The highest BCUT2D eigenvalue weighted by molar-refractivity contribution is 5.85. The maximum Gasteiger partial charge on any atom is 0.460 e. The zero-order valence-corrected chi connectivity index (χ0v) is 22.7. The standard InChI is InChI=1S/C18H7F27O7/c1-4(5(46)47)2-3-6(19,20)48-11(30,31)12(32,33)50-15(38,39)16(40,41)52-18(44,45)17(42,43)51-14(36,37)13(34,35)49-10(28,29)8(23,24)7(21,22)9(25,26)27/h1-3H2,(H,46,47). The Bertz CT molecular complexity index is 1290. The molecule has 0 aliphatic carbocycles. The summed E-state index contributed by atoms with van der Waals surface area (Å²) < 4.78 is 362. The molecule has 52 heavy (non-hydrogen) atoms. The fraction of sp³-hybridized carbons (Fsp3) is 0.833. The van der Waals surface area contributed by atoms with Crippen LogP contribution in [-0.2, 0) is 28.5 Å². The van der Waals surface area contributed by atoms with Crippen LogP contribution in [0.3, 0.4) is 0 Å². The molecule has 0 saturated heterocycles. The summed E-state index contributed by atoms with van der Waals surface area (Å²) in [4.78, 5) is 10.4. The lowest BCUT2D eigenvalue weighted by Crippen LogP contribution is -2.65. The smallest absolute Gasteiger partial charge is 0.460 e. The maximum absolute atomic E-state index is 13.5. The van der Waals surface area contributed by atoms with Crippen LogP contribution < -0.4 is 0 Å². The molecule has 0 aliphatic heterocycles. The summed E-state index contributed by atoms with van der Waals surface area (Å²) in [5.74, 6) is -18.9. The molecule has 0 aromatic heterocycles. The van der Waals surface area contributed by atoms with Crippen molar-refractivity contribution in [3.8, 4) is 0 Å². The van der Waals surface area contributed by atoms with Gasteiger partial charge >= 0.3 is 85.1 Å². The molecule has 0 saturated carbocycles. The minimum atomic E-state index is -8.46. The van der Waals surface area contributed by atoms with Gasteiger partial charge in [-0.15, -0.1) is 0 Å². The number of rotatable bonds is 20. The van der Waals surface area contributed by atoms with Crippen LogP contribution in [0.25, 0.3) is 0 Å². The zero-order chi connectivity index (χ0) is 42.6. The number of carbonyl (C=O) groups is 1. The molecule has 34 heteroatoms. The van der Waals surface area contributed by atoms with Gasteiger partial charge in [-0.1, -0.05) is 6.58 Å². The summed E-state index contributed by atoms with van der Waals surface area (Å²) in [5.41, 5.74) is -1.31. The van der Waals surface area contributed by atoms with Gasteiger partial charge in [-0.2, -0.15) is 119 Å². The molecule has 0 radical (unpaired) electrons. The van der Waals surface area contributed by atoms with Crippen molar-refractivity contribution in [2.75, 3.05) is 0 Å². The number of hydrogen-bond donors (Lipinski definition) is 1. The van der Waals surface area contributed by atoms with E-state index in [9.17, 15) is 123 Å². The van der Waals surface area contributed by atoms with Gasteiger partial charge < -0.3 is 5.11 Å². The van der Waals surface area contributed by atoms with E-state index >= 15 is 0 Å². The lowest BCUT2D eigenvalue weighted by molar-refractivity contribution is -0.591. The van der Waals surface area contributed by atoms with E-state index in [1.54, 1.807) is 0 Å². The van der Waals surface area contributed by atoms with Crippen LogP contribution in [0.5, 0.6) is 0 Å². The molecule has 0 atom stereocenters. The Morgan fingerprint density at radius 2 is 0.635 bits per heavy atom.